The summed E-state index contributed by atoms with van der Waals surface area (Å²) in [6.07, 6.45) is 0. The van der Waals surface area contributed by atoms with Gasteiger partial charge in [0.1, 0.15) is 12.6 Å². The minimum atomic E-state index is -0.678. The highest BCUT2D eigenvalue weighted by atomic mass is 79.9. The number of nitro groups is 1. The normalized spacial score (nSPS) is 11.8. The fraction of sp³-hybridized carbons (Fsp3) is 0.462. The molecule has 0 spiro atoms. The Balaban J connectivity index is 2.96. The molecule has 1 aromatic carbocycles. The molecule has 8 heteroatoms. The maximum absolute atomic E-state index is 11.6. The quantitative estimate of drug-likeness (QED) is 0.455. The summed E-state index contributed by atoms with van der Waals surface area (Å²) in [7, 11) is 1.28. The van der Waals surface area contributed by atoms with Crippen LogP contribution in [0.1, 0.15) is 12.5 Å². The van der Waals surface area contributed by atoms with Gasteiger partial charge in [0.2, 0.25) is 0 Å². The molecule has 0 bridgehead atoms. The largest absolute Gasteiger partial charge is 0.484 e. The Bertz CT molecular complexity index is 536. The average molecular weight is 361 g/mol. The molecular formula is C13H17BrN2O5. The third kappa shape index (κ3) is 4.68. The van der Waals surface area contributed by atoms with E-state index in [2.05, 4.69) is 26.0 Å². The zero-order valence-electron chi connectivity index (χ0n) is 12.0. The van der Waals surface area contributed by atoms with E-state index in [4.69, 9.17) is 4.74 Å². The molecule has 1 aromatic rings. The monoisotopic (exact) mass is 360 g/mol. The summed E-state index contributed by atoms with van der Waals surface area (Å²) < 4.78 is 10.7. The number of likely N-dealkylation sites (N-methyl/N-ethyl adjacent to an activating group) is 1. The van der Waals surface area contributed by atoms with Crippen LogP contribution in [0.5, 0.6) is 5.75 Å². The third-order valence-corrected chi connectivity index (χ3v) is 3.20. The lowest BCUT2D eigenvalue weighted by atomic mass is 10.2. The zero-order chi connectivity index (χ0) is 16.0. The van der Waals surface area contributed by atoms with Crippen molar-refractivity contribution in [3.63, 3.8) is 0 Å². The molecule has 0 saturated heterocycles. The lowest BCUT2D eigenvalue weighted by Gasteiger charge is -2.17. The highest BCUT2D eigenvalue weighted by Crippen LogP contribution is 2.34. The van der Waals surface area contributed by atoms with Crippen molar-refractivity contribution in [2.75, 3.05) is 20.3 Å². The fourth-order valence-electron chi connectivity index (χ4n) is 1.80. The van der Waals surface area contributed by atoms with Crippen molar-refractivity contribution in [2.24, 2.45) is 0 Å². The first-order valence-electron chi connectivity index (χ1n) is 6.29. The molecule has 0 aliphatic carbocycles. The molecule has 0 amide bonds. The summed E-state index contributed by atoms with van der Waals surface area (Å²) >= 11 is 3.21. The Morgan fingerprint density at radius 2 is 2.19 bits per heavy atom. The van der Waals surface area contributed by atoms with Gasteiger partial charge < -0.3 is 14.8 Å². The Labute approximate surface area is 130 Å². The first kappa shape index (κ1) is 17.4. The predicted octanol–water partition coefficient (Wildman–Crippen LogP) is 2.20. The summed E-state index contributed by atoms with van der Waals surface area (Å²) in [5.74, 6) is -0.329. The number of hydrogen-bond donors (Lipinski definition) is 1. The zero-order valence-corrected chi connectivity index (χ0v) is 13.6. The molecular weight excluding hydrogens is 344 g/mol. The molecule has 0 aliphatic heterocycles. The van der Waals surface area contributed by atoms with Gasteiger partial charge in [-0.05, 0) is 25.1 Å². The van der Waals surface area contributed by atoms with Crippen molar-refractivity contribution in [2.45, 2.75) is 19.9 Å². The van der Waals surface area contributed by atoms with Crippen LogP contribution >= 0.6 is 15.9 Å². The van der Waals surface area contributed by atoms with Crippen LogP contribution in [0.2, 0.25) is 0 Å². The molecule has 0 aromatic heterocycles. The predicted molar refractivity (Wildman–Crippen MR) is 80.5 cm³/mol. The van der Waals surface area contributed by atoms with Crippen molar-refractivity contribution >= 4 is 27.6 Å². The van der Waals surface area contributed by atoms with Crippen molar-refractivity contribution in [1.82, 2.24) is 5.32 Å². The summed E-state index contributed by atoms with van der Waals surface area (Å²) in [5, 5.41) is 14.0. The second-order valence-corrected chi connectivity index (χ2v) is 5.19. The van der Waals surface area contributed by atoms with Crippen LogP contribution in [0, 0.1) is 17.0 Å². The molecule has 21 heavy (non-hydrogen) atoms. The number of halogens is 1. The highest BCUT2D eigenvalue weighted by molar-refractivity contribution is 9.10. The number of carbonyl (C=O) groups is 1. The number of carbonyl (C=O) groups excluding carboxylic acids is 1. The van der Waals surface area contributed by atoms with Gasteiger partial charge in [-0.1, -0.05) is 22.9 Å². The molecule has 1 atom stereocenters. The van der Waals surface area contributed by atoms with E-state index in [1.54, 1.807) is 13.0 Å². The first-order chi connectivity index (χ1) is 9.90. The van der Waals surface area contributed by atoms with Gasteiger partial charge in [0.15, 0.2) is 5.75 Å². The van der Waals surface area contributed by atoms with E-state index in [0.717, 1.165) is 0 Å². The van der Waals surface area contributed by atoms with Crippen molar-refractivity contribution in [1.29, 1.82) is 0 Å². The molecule has 0 fully saturated rings. The van der Waals surface area contributed by atoms with Crippen LogP contribution in [0.3, 0.4) is 0 Å². The molecule has 1 N–H and O–H groups in total. The van der Waals surface area contributed by atoms with E-state index in [0.29, 0.717) is 16.6 Å². The second-order valence-electron chi connectivity index (χ2n) is 4.27. The Morgan fingerprint density at radius 1 is 1.52 bits per heavy atom. The van der Waals surface area contributed by atoms with E-state index in [-0.39, 0.29) is 18.0 Å². The topological polar surface area (TPSA) is 90.7 Å². The second kappa shape index (κ2) is 7.94. The van der Waals surface area contributed by atoms with Gasteiger partial charge in [-0.3, -0.25) is 14.9 Å². The number of ether oxygens (including phenoxy) is 2. The van der Waals surface area contributed by atoms with Crippen LogP contribution in [-0.4, -0.2) is 37.2 Å². The smallest absolute Gasteiger partial charge is 0.326 e. The van der Waals surface area contributed by atoms with E-state index in [1.807, 2.05) is 6.92 Å². The maximum atomic E-state index is 11.6. The number of benzene rings is 1. The molecule has 1 unspecified atom stereocenters. The number of nitrogens with one attached hydrogen (secondary N) is 1. The molecule has 116 valence electrons. The van der Waals surface area contributed by atoms with Gasteiger partial charge in [-0.15, -0.1) is 0 Å². The number of hydrogen-bond acceptors (Lipinski definition) is 6. The van der Waals surface area contributed by atoms with Crippen LogP contribution in [0.25, 0.3) is 0 Å². The standard InChI is InChI=1S/C13H17BrN2O5/c1-4-15-10(13(17)20-3)7-21-12-8(2)5-9(14)6-11(12)16(18)19/h5-6,10,15H,4,7H2,1-3H3. The van der Waals surface area contributed by atoms with Crippen molar-refractivity contribution in [3.8, 4) is 5.75 Å². The van der Waals surface area contributed by atoms with Crippen LogP contribution in [0.15, 0.2) is 16.6 Å². The lowest BCUT2D eigenvalue weighted by Crippen LogP contribution is -2.42. The van der Waals surface area contributed by atoms with Crippen LogP contribution < -0.4 is 10.1 Å². The fourth-order valence-corrected chi connectivity index (χ4v) is 2.36. The van der Waals surface area contributed by atoms with Gasteiger partial charge in [0.25, 0.3) is 0 Å². The highest BCUT2D eigenvalue weighted by Gasteiger charge is 2.23. The molecule has 0 radical (unpaired) electrons. The van der Waals surface area contributed by atoms with Gasteiger partial charge in [0.05, 0.1) is 12.0 Å². The Hall–Kier alpha value is -1.67. The number of nitro benzene ring substituents is 1. The summed E-state index contributed by atoms with van der Waals surface area (Å²) in [4.78, 5) is 22.1. The van der Waals surface area contributed by atoms with Crippen LogP contribution in [0.4, 0.5) is 5.69 Å². The van der Waals surface area contributed by atoms with E-state index < -0.39 is 16.9 Å². The number of methoxy groups -OCH3 is 1. The Kier molecular flexibility index (Phi) is 6.57. The van der Waals surface area contributed by atoms with Crippen molar-refractivity contribution in [3.05, 3.63) is 32.3 Å². The first-order valence-corrected chi connectivity index (χ1v) is 7.08. The average Bonchev–Trinajstić information content (AvgIpc) is 2.43. The Morgan fingerprint density at radius 3 is 2.71 bits per heavy atom. The molecule has 0 aliphatic rings. The SMILES string of the molecule is CCNC(COc1c(C)cc(Br)cc1[N+](=O)[O-])C(=O)OC. The minimum absolute atomic E-state index is 0.0518. The van der Waals surface area contributed by atoms with Gasteiger partial charge in [-0.2, -0.15) is 0 Å². The van der Waals surface area contributed by atoms with Gasteiger partial charge in [0, 0.05) is 10.5 Å². The number of rotatable bonds is 7. The van der Waals surface area contributed by atoms with E-state index >= 15 is 0 Å². The summed E-state index contributed by atoms with van der Waals surface area (Å²) in [6.45, 7) is 4.03. The van der Waals surface area contributed by atoms with Gasteiger partial charge in [-0.25, -0.2) is 0 Å². The summed E-state index contributed by atoms with van der Waals surface area (Å²) in [6, 6.07) is 2.40. The third-order valence-electron chi connectivity index (χ3n) is 2.75. The minimum Gasteiger partial charge on any atom is -0.484 e. The lowest BCUT2D eigenvalue weighted by molar-refractivity contribution is -0.386. The van der Waals surface area contributed by atoms with Gasteiger partial charge >= 0.3 is 11.7 Å². The molecule has 1 rings (SSSR count). The number of aryl methyl sites for hydroxylation is 1. The molecule has 0 saturated carbocycles. The number of nitrogens with zero attached hydrogens (tertiary/aromatic N) is 1. The van der Waals surface area contributed by atoms with E-state index in [1.165, 1.54) is 13.2 Å². The maximum Gasteiger partial charge on any atom is 0.326 e. The number of esters is 1. The summed E-state index contributed by atoms with van der Waals surface area (Å²) in [5.41, 5.74) is 0.457. The molecule has 0 heterocycles. The van der Waals surface area contributed by atoms with E-state index in [9.17, 15) is 14.9 Å². The van der Waals surface area contributed by atoms with Crippen molar-refractivity contribution < 1.29 is 19.2 Å². The molecule has 7 nitrogen and oxygen atoms in total. The van der Waals surface area contributed by atoms with Crippen LogP contribution in [-0.2, 0) is 9.53 Å².